The van der Waals surface area contributed by atoms with Crippen molar-refractivity contribution in [3.63, 3.8) is 0 Å². The van der Waals surface area contributed by atoms with E-state index in [1.165, 1.54) is 11.3 Å². The molecule has 1 saturated heterocycles. The van der Waals surface area contributed by atoms with E-state index in [-0.39, 0.29) is 17.7 Å². The fourth-order valence-electron chi connectivity index (χ4n) is 2.74. The summed E-state index contributed by atoms with van der Waals surface area (Å²) < 4.78 is 0. The Labute approximate surface area is 139 Å². The van der Waals surface area contributed by atoms with E-state index >= 15 is 0 Å². The van der Waals surface area contributed by atoms with Crippen LogP contribution in [-0.4, -0.2) is 34.8 Å². The van der Waals surface area contributed by atoms with E-state index in [1.807, 2.05) is 35.7 Å². The number of anilines is 1. The molecular formula is C17H19N3O2S. The van der Waals surface area contributed by atoms with Gasteiger partial charge in [-0.2, -0.15) is 0 Å². The van der Waals surface area contributed by atoms with Crippen LogP contribution < -0.4 is 5.32 Å². The van der Waals surface area contributed by atoms with Crippen molar-refractivity contribution in [3.05, 3.63) is 35.7 Å². The Bertz CT molecular complexity index is 691. The van der Waals surface area contributed by atoms with E-state index in [0.29, 0.717) is 31.1 Å². The maximum atomic E-state index is 12.3. The lowest BCUT2D eigenvalue weighted by Gasteiger charge is -2.30. The third-order valence-corrected chi connectivity index (χ3v) is 4.87. The summed E-state index contributed by atoms with van der Waals surface area (Å²) in [5, 5.41) is 5.49. The number of aromatic nitrogens is 1. The zero-order chi connectivity index (χ0) is 16.2. The number of amides is 2. The van der Waals surface area contributed by atoms with Gasteiger partial charge in [-0.25, -0.2) is 4.98 Å². The van der Waals surface area contributed by atoms with E-state index in [0.717, 1.165) is 11.3 Å². The highest BCUT2D eigenvalue weighted by Gasteiger charge is 2.26. The molecule has 0 atom stereocenters. The maximum Gasteiger partial charge on any atom is 0.229 e. The SMILES string of the molecule is CC(=O)N1CCC(C(=O)Nc2nc(-c3ccccc3)cs2)CC1. The number of piperidine rings is 1. The van der Waals surface area contributed by atoms with Crippen LogP contribution in [0.1, 0.15) is 19.8 Å². The molecule has 0 radical (unpaired) electrons. The molecule has 3 rings (SSSR count). The number of carbonyl (C=O) groups is 2. The van der Waals surface area contributed by atoms with Gasteiger partial charge in [0, 0.05) is 36.9 Å². The van der Waals surface area contributed by atoms with Crippen LogP contribution >= 0.6 is 11.3 Å². The van der Waals surface area contributed by atoms with Crippen molar-refractivity contribution in [3.8, 4) is 11.3 Å². The van der Waals surface area contributed by atoms with E-state index in [4.69, 9.17) is 0 Å². The van der Waals surface area contributed by atoms with Crippen LogP contribution in [0.5, 0.6) is 0 Å². The number of hydrogen-bond donors (Lipinski definition) is 1. The van der Waals surface area contributed by atoms with Gasteiger partial charge in [0.05, 0.1) is 5.69 Å². The molecule has 0 bridgehead atoms. The lowest BCUT2D eigenvalue weighted by molar-refractivity contribution is -0.132. The highest BCUT2D eigenvalue weighted by molar-refractivity contribution is 7.14. The van der Waals surface area contributed by atoms with Crippen LogP contribution in [0.4, 0.5) is 5.13 Å². The van der Waals surface area contributed by atoms with Crippen LogP contribution in [0.3, 0.4) is 0 Å². The summed E-state index contributed by atoms with van der Waals surface area (Å²) >= 11 is 1.43. The molecule has 0 saturated carbocycles. The predicted molar refractivity (Wildman–Crippen MR) is 91.2 cm³/mol. The summed E-state index contributed by atoms with van der Waals surface area (Å²) in [5.41, 5.74) is 1.91. The van der Waals surface area contributed by atoms with Crippen LogP contribution in [0.2, 0.25) is 0 Å². The second-order valence-electron chi connectivity index (χ2n) is 5.67. The molecule has 2 heterocycles. The third kappa shape index (κ3) is 3.76. The van der Waals surface area contributed by atoms with Gasteiger partial charge < -0.3 is 10.2 Å². The molecule has 23 heavy (non-hydrogen) atoms. The summed E-state index contributed by atoms with van der Waals surface area (Å²) in [6.07, 6.45) is 1.42. The molecule has 0 spiro atoms. The largest absolute Gasteiger partial charge is 0.343 e. The van der Waals surface area contributed by atoms with Gasteiger partial charge in [0.1, 0.15) is 0 Å². The molecular weight excluding hydrogens is 310 g/mol. The Morgan fingerprint density at radius 2 is 1.91 bits per heavy atom. The summed E-state index contributed by atoms with van der Waals surface area (Å²) in [5.74, 6) is 0.0353. The van der Waals surface area contributed by atoms with Gasteiger partial charge in [-0.05, 0) is 12.8 Å². The highest BCUT2D eigenvalue weighted by Crippen LogP contribution is 2.26. The monoisotopic (exact) mass is 329 g/mol. The Morgan fingerprint density at radius 3 is 2.57 bits per heavy atom. The number of carbonyl (C=O) groups excluding carboxylic acids is 2. The van der Waals surface area contributed by atoms with E-state index in [9.17, 15) is 9.59 Å². The fourth-order valence-corrected chi connectivity index (χ4v) is 3.46. The van der Waals surface area contributed by atoms with Crippen LogP contribution in [0.25, 0.3) is 11.3 Å². The number of rotatable bonds is 3. The quantitative estimate of drug-likeness (QED) is 0.941. The highest BCUT2D eigenvalue weighted by atomic mass is 32.1. The van der Waals surface area contributed by atoms with Gasteiger partial charge in [0.15, 0.2) is 5.13 Å². The Hall–Kier alpha value is -2.21. The normalized spacial score (nSPS) is 15.4. The first-order valence-electron chi connectivity index (χ1n) is 7.71. The number of nitrogens with one attached hydrogen (secondary N) is 1. The molecule has 0 unspecified atom stereocenters. The minimum Gasteiger partial charge on any atom is -0.343 e. The van der Waals surface area contributed by atoms with E-state index in [2.05, 4.69) is 10.3 Å². The van der Waals surface area contributed by atoms with Crippen molar-refractivity contribution in [2.45, 2.75) is 19.8 Å². The molecule has 120 valence electrons. The van der Waals surface area contributed by atoms with Gasteiger partial charge in [-0.3, -0.25) is 9.59 Å². The van der Waals surface area contributed by atoms with Crippen LogP contribution in [0, 0.1) is 5.92 Å². The van der Waals surface area contributed by atoms with E-state index in [1.54, 1.807) is 11.8 Å². The average Bonchev–Trinajstić information content (AvgIpc) is 3.04. The zero-order valence-electron chi connectivity index (χ0n) is 13.0. The molecule has 1 N–H and O–H groups in total. The first-order valence-corrected chi connectivity index (χ1v) is 8.59. The fraction of sp³-hybridized carbons (Fsp3) is 0.353. The van der Waals surface area contributed by atoms with Crippen molar-refractivity contribution in [1.29, 1.82) is 0 Å². The summed E-state index contributed by atoms with van der Waals surface area (Å²) in [6.45, 7) is 2.88. The van der Waals surface area contributed by atoms with Gasteiger partial charge in [-0.1, -0.05) is 30.3 Å². The minimum atomic E-state index is -0.0466. The van der Waals surface area contributed by atoms with Crippen molar-refractivity contribution in [1.82, 2.24) is 9.88 Å². The minimum absolute atomic E-state index is 0.00200. The van der Waals surface area contributed by atoms with Crippen molar-refractivity contribution in [2.75, 3.05) is 18.4 Å². The third-order valence-electron chi connectivity index (χ3n) is 4.11. The molecule has 1 aromatic heterocycles. The van der Waals surface area contributed by atoms with Gasteiger partial charge in [0.25, 0.3) is 0 Å². The molecule has 2 aromatic rings. The first kappa shape index (κ1) is 15.7. The van der Waals surface area contributed by atoms with Crippen LogP contribution in [-0.2, 0) is 9.59 Å². The maximum absolute atomic E-state index is 12.3. The Morgan fingerprint density at radius 1 is 1.22 bits per heavy atom. The summed E-state index contributed by atoms with van der Waals surface area (Å²) in [6, 6.07) is 9.90. The lowest BCUT2D eigenvalue weighted by atomic mass is 9.96. The predicted octanol–water partition coefficient (Wildman–Crippen LogP) is 3.01. The number of hydrogen-bond acceptors (Lipinski definition) is 4. The van der Waals surface area contributed by atoms with Crippen molar-refractivity contribution >= 4 is 28.3 Å². The van der Waals surface area contributed by atoms with E-state index < -0.39 is 0 Å². The Kier molecular flexibility index (Phi) is 4.71. The van der Waals surface area contributed by atoms with Crippen LogP contribution in [0.15, 0.2) is 35.7 Å². The van der Waals surface area contributed by atoms with Crippen molar-refractivity contribution < 1.29 is 9.59 Å². The molecule has 1 aromatic carbocycles. The van der Waals surface area contributed by atoms with Gasteiger partial charge in [-0.15, -0.1) is 11.3 Å². The number of thiazole rings is 1. The molecule has 1 aliphatic heterocycles. The van der Waals surface area contributed by atoms with Crippen molar-refractivity contribution in [2.24, 2.45) is 5.92 Å². The number of benzene rings is 1. The molecule has 1 aliphatic rings. The number of nitrogens with zero attached hydrogens (tertiary/aromatic N) is 2. The second kappa shape index (κ2) is 6.91. The topological polar surface area (TPSA) is 62.3 Å². The second-order valence-corrected chi connectivity index (χ2v) is 6.53. The molecule has 2 amide bonds. The summed E-state index contributed by atoms with van der Waals surface area (Å²) in [4.78, 5) is 29.9. The molecule has 1 fully saturated rings. The Balaban J connectivity index is 1.59. The molecule has 6 heteroatoms. The average molecular weight is 329 g/mol. The number of likely N-dealkylation sites (tertiary alicyclic amines) is 1. The summed E-state index contributed by atoms with van der Waals surface area (Å²) in [7, 11) is 0. The standard InChI is InChI=1S/C17H19N3O2S/c1-12(21)20-9-7-14(8-10-20)16(22)19-17-18-15(11-23-17)13-5-3-2-4-6-13/h2-6,11,14H,7-10H2,1H3,(H,18,19,22). The zero-order valence-corrected chi connectivity index (χ0v) is 13.8. The smallest absolute Gasteiger partial charge is 0.229 e. The first-order chi connectivity index (χ1) is 11.1. The van der Waals surface area contributed by atoms with Gasteiger partial charge in [0.2, 0.25) is 11.8 Å². The van der Waals surface area contributed by atoms with Gasteiger partial charge >= 0.3 is 0 Å². The molecule has 5 nitrogen and oxygen atoms in total. The molecule has 0 aliphatic carbocycles. The lowest BCUT2D eigenvalue weighted by Crippen LogP contribution is -2.40.